The maximum absolute atomic E-state index is 6.80. The Morgan fingerprint density at radius 2 is 0.537 bits per heavy atom. The van der Waals surface area contributed by atoms with Crippen molar-refractivity contribution in [3.8, 4) is 11.1 Å². The minimum Gasteiger partial charge on any atom is -0.407 e. The molecule has 0 unspecified atom stereocenters. The van der Waals surface area contributed by atoms with Crippen LogP contribution >= 0.6 is 0 Å². The van der Waals surface area contributed by atoms with E-state index in [0.29, 0.717) is 0 Å². The van der Waals surface area contributed by atoms with Gasteiger partial charge in [0.1, 0.15) is 0 Å². The molecule has 0 atom stereocenters. The van der Waals surface area contributed by atoms with Gasteiger partial charge in [0.25, 0.3) is 0 Å². The van der Waals surface area contributed by atoms with Crippen LogP contribution in [0.4, 0.5) is 0 Å². The second-order valence-corrected chi connectivity index (χ2v) is 20.9. The van der Waals surface area contributed by atoms with E-state index in [9.17, 15) is 0 Å². The van der Waals surface area contributed by atoms with Crippen molar-refractivity contribution in [2.45, 2.75) is 291 Å². The van der Waals surface area contributed by atoms with Gasteiger partial charge in [0, 0.05) is 31.8 Å². The van der Waals surface area contributed by atoms with Gasteiger partial charge in [-0.25, -0.2) is 0 Å². The van der Waals surface area contributed by atoms with E-state index in [-0.39, 0.29) is 19.7 Å². The number of fused-ring (bicyclic) bond motifs is 3. The average Bonchev–Trinajstić information content (AvgIpc) is 3.61. The number of rotatable bonds is 48. The molecule has 0 aliphatic heterocycles. The van der Waals surface area contributed by atoms with Gasteiger partial charge in [0.2, 0.25) is 0 Å². The second-order valence-electron chi connectivity index (χ2n) is 20.9. The molecule has 4 nitrogen and oxygen atoms in total. The van der Waals surface area contributed by atoms with Crippen LogP contribution in [0.25, 0.3) is 11.1 Å². The van der Waals surface area contributed by atoms with Crippen molar-refractivity contribution in [2.24, 2.45) is 0 Å². The first-order chi connectivity index (χ1) is 33.1. The summed E-state index contributed by atoms with van der Waals surface area (Å²) < 4.78 is 27.2. The van der Waals surface area contributed by atoms with Crippen LogP contribution in [-0.4, -0.2) is 40.7 Å². The van der Waals surface area contributed by atoms with Crippen molar-refractivity contribution in [1.82, 2.24) is 0 Å². The van der Waals surface area contributed by atoms with Crippen LogP contribution in [-0.2, 0) is 24.0 Å². The van der Waals surface area contributed by atoms with Gasteiger partial charge < -0.3 is 18.6 Å². The van der Waals surface area contributed by atoms with Crippen LogP contribution < -0.4 is 10.9 Å². The molecule has 0 N–H and O–H groups in total. The van der Waals surface area contributed by atoms with Gasteiger partial charge in [0.05, 0.1) is 0 Å². The largest absolute Gasteiger partial charge is 0.493 e. The van der Waals surface area contributed by atoms with Gasteiger partial charge in [0.15, 0.2) is 0 Å². The average molecular weight is 927 g/mol. The SMILES string of the molecule is CCCCCCCCOB(OCCCCCCCC)c1ccc2c(c1)C(CCCCCCCC)(CCCCCCCC)c1cc(B(OCCCCCCCC)OCCCCCCCC)ccc1-2. The highest BCUT2D eigenvalue weighted by Gasteiger charge is 2.44. The van der Waals surface area contributed by atoms with E-state index in [4.69, 9.17) is 18.6 Å². The molecule has 0 saturated carbocycles. The summed E-state index contributed by atoms with van der Waals surface area (Å²) >= 11 is 0. The predicted octanol–water partition coefficient (Wildman–Crippen LogP) is 18.4. The van der Waals surface area contributed by atoms with Crippen LogP contribution in [0.2, 0.25) is 0 Å². The summed E-state index contributed by atoms with van der Waals surface area (Å²) in [6.07, 6.45) is 48.5. The third kappa shape index (κ3) is 23.9. The molecule has 6 heteroatoms. The van der Waals surface area contributed by atoms with Crippen molar-refractivity contribution in [2.75, 3.05) is 26.4 Å². The molecular formula is C61H108B2O4. The fourth-order valence-electron chi connectivity index (χ4n) is 10.7. The molecule has 0 amide bonds. The summed E-state index contributed by atoms with van der Waals surface area (Å²) in [5, 5.41) is 0. The van der Waals surface area contributed by atoms with E-state index < -0.39 is 0 Å². The molecule has 1 aliphatic rings. The van der Waals surface area contributed by atoms with Gasteiger partial charge in [-0.15, -0.1) is 0 Å². The smallest absolute Gasteiger partial charge is 0.407 e. The predicted molar refractivity (Wildman–Crippen MR) is 297 cm³/mol. The standard InChI is InChI=1S/C61H108B2O4/c1-7-13-19-25-31-37-47-61(48-38-32-26-20-14-8-2)59-53-55(62(64-49-39-33-27-21-15-9-3)65-50-40-34-28-22-16-10-4)43-45-57(59)58-46-44-56(54-60(58)61)63(66-51-41-35-29-23-17-11-5)67-52-42-36-30-24-18-12-6/h43-46,53-54H,7-42,47-52H2,1-6H3. The molecule has 0 fully saturated rings. The van der Waals surface area contributed by atoms with E-state index in [1.54, 1.807) is 0 Å². The Hall–Kier alpha value is -1.59. The van der Waals surface area contributed by atoms with Crippen molar-refractivity contribution < 1.29 is 18.6 Å². The molecular weight excluding hydrogens is 818 g/mol. The molecule has 0 saturated heterocycles. The molecule has 1 aliphatic carbocycles. The zero-order valence-electron chi connectivity index (χ0n) is 45.5. The first-order valence-corrected chi connectivity index (χ1v) is 29.9. The quantitative estimate of drug-likeness (QED) is 0.0489. The lowest BCUT2D eigenvalue weighted by atomic mass is 9.67. The molecule has 3 rings (SSSR count). The van der Waals surface area contributed by atoms with Crippen molar-refractivity contribution in [3.05, 3.63) is 47.5 Å². The molecule has 2 aromatic carbocycles. The van der Waals surface area contributed by atoms with E-state index in [0.717, 1.165) is 52.1 Å². The lowest BCUT2D eigenvalue weighted by molar-refractivity contribution is 0.199. The van der Waals surface area contributed by atoms with Crippen LogP contribution in [0, 0.1) is 0 Å². The van der Waals surface area contributed by atoms with Gasteiger partial charge in [-0.05, 0) is 71.7 Å². The highest BCUT2D eigenvalue weighted by molar-refractivity contribution is 6.62. The van der Waals surface area contributed by atoms with Crippen molar-refractivity contribution >= 4 is 25.2 Å². The Morgan fingerprint density at radius 3 is 0.806 bits per heavy atom. The first kappa shape index (κ1) is 59.7. The molecule has 67 heavy (non-hydrogen) atoms. The van der Waals surface area contributed by atoms with Gasteiger partial charge in [-0.3, -0.25) is 0 Å². The van der Waals surface area contributed by atoms with Crippen LogP contribution in [0.3, 0.4) is 0 Å². The Kier molecular flexibility index (Phi) is 35.7. The molecule has 0 radical (unpaired) electrons. The zero-order chi connectivity index (χ0) is 47.9. The summed E-state index contributed by atoms with van der Waals surface area (Å²) in [5.41, 5.74) is 8.25. The topological polar surface area (TPSA) is 36.9 Å². The number of benzene rings is 2. The van der Waals surface area contributed by atoms with Gasteiger partial charge >= 0.3 is 14.2 Å². The van der Waals surface area contributed by atoms with E-state index in [1.165, 1.54) is 251 Å². The second kappa shape index (κ2) is 40.1. The Bertz CT molecular complexity index is 1300. The maximum atomic E-state index is 6.80. The Balaban J connectivity index is 2.04. The van der Waals surface area contributed by atoms with Crippen LogP contribution in [0.5, 0.6) is 0 Å². The first-order valence-electron chi connectivity index (χ1n) is 29.9. The maximum Gasteiger partial charge on any atom is 0.493 e. The monoisotopic (exact) mass is 927 g/mol. The van der Waals surface area contributed by atoms with Gasteiger partial charge in [-0.1, -0.05) is 283 Å². The minimum absolute atomic E-state index is 0.0571. The summed E-state index contributed by atoms with van der Waals surface area (Å²) in [7, 11) is -0.654. The Morgan fingerprint density at radius 1 is 0.299 bits per heavy atom. The lowest BCUT2D eigenvalue weighted by Crippen LogP contribution is -2.39. The summed E-state index contributed by atoms with van der Waals surface area (Å²) in [5.74, 6) is 0. The fourth-order valence-corrected chi connectivity index (χ4v) is 10.7. The van der Waals surface area contributed by atoms with Crippen molar-refractivity contribution in [3.63, 3.8) is 0 Å². The Labute approximate surface area is 418 Å². The summed E-state index contributed by atoms with van der Waals surface area (Å²) in [4.78, 5) is 0. The normalized spacial score (nSPS) is 12.8. The molecule has 2 aromatic rings. The third-order valence-corrected chi connectivity index (χ3v) is 14.9. The van der Waals surface area contributed by atoms with E-state index >= 15 is 0 Å². The molecule has 0 spiro atoms. The number of hydrogen-bond acceptors (Lipinski definition) is 4. The molecule has 0 aromatic heterocycles. The van der Waals surface area contributed by atoms with Gasteiger partial charge in [-0.2, -0.15) is 0 Å². The lowest BCUT2D eigenvalue weighted by Gasteiger charge is -2.34. The van der Waals surface area contributed by atoms with E-state index in [1.807, 2.05) is 0 Å². The van der Waals surface area contributed by atoms with Crippen molar-refractivity contribution in [1.29, 1.82) is 0 Å². The fraction of sp³-hybridized carbons (Fsp3) is 0.803. The summed E-state index contributed by atoms with van der Waals surface area (Å²) in [6.45, 7) is 16.9. The highest BCUT2D eigenvalue weighted by atomic mass is 16.6. The zero-order valence-corrected chi connectivity index (χ0v) is 45.5. The molecule has 0 bridgehead atoms. The van der Waals surface area contributed by atoms with E-state index in [2.05, 4.69) is 77.9 Å². The molecule has 0 heterocycles. The minimum atomic E-state index is -0.327. The molecule has 382 valence electrons. The van der Waals surface area contributed by atoms with Crippen LogP contribution in [0.15, 0.2) is 36.4 Å². The highest BCUT2D eigenvalue weighted by Crippen LogP contribution is 2.54. The number of unbranched alkanes of at least 4 members (excludes halogenated alkanes) is 30. The van der Waals surface area contributed by atoms with Crippen LogP contribution in [0.1, 0.15) is 297 Å². The number of hydrogen-bond donors (Lipinski definition) is 0. The summed E-state index contributed by atoms with van der Waals surface area (Å²) in [6, 6.07) is 14.7. The third-order valence-electron chi connectivity index (χ3n) is 14.9.